The van der Waals surface area contributed by atoms with Gasteiger partial charge in [-0.1, -0.05) is 0 Å². The number of carbonyl (C=O) groups excluding carboxylic acids is 1. The Morgan fingerprint density at radius 1 is 1.15 bits per heavy atom. The van der Waals surface area contributed by atoms with E-state index < -0.39 is 15.8 Å². The summed E-state index contributed by atoms with van der Waals surface area (Å²) in [6.07, 6.45) is 2.50. The number of amides is 1. The van der Waals surface area contributed by atoms with E-state index >= 15 is 0 Å². The fraction of sp³-hybridized carbons (Fsp3) is 0.316. The fourth-order valence-corrected chi connectivity index (χ4v) is 4.48. The first-order valence-corrected chi connectivity index (χ1v) is 10.1. The summed E-state index contributed by atoms with van der Waals surface area (Å²) in [5.41, 5.74) is 1.95. The van der Waals surface area contributed by atoms with Crippen LogP contribution in [0.15, 0.2) is 47.4 Å². The maximum absolute atomic E-state index is 13.0. The lowest BCUT2D eigenvalue weighted by Gasteiger charge is -2.22. The Hall–Kier alpha value is -2.41. The maximum Gasteiger partial charge on any atom is 0.261 e. The summed E-state index contributed by atoms with van der Waals surface area (Å²) in [6, 6.07) is 10.0. The Morgan fingerprint density at radius 3 is 2.50 bits per heavy atom. The predicted octanol–water partition coefficient (Wildman–Crippen LogP) is 3.31. The van der Waals surface area contributed by atoms with Gasteiger partial charge in [-0.2, -0.15) is 0 Å². The number of hydrogen-bond acceptors (Lipinski definition) is 3. The zero-order valence-corrected chi connectivity index (χ0v) is 15.1. The number of rotatable bonds is 4. The third-order valence-corrected chi connectivity index (χ3v) is 6.22. The molecule has 1 aliphatic heterocycles. The number of halogens is 1. The first kappa shape index (κ1) is 17.0. The van der Waals surface area contributed by atoms with Gasteiger partial charge in [0.25, 0.3) is 10.0 Å². The summed E-state index contributed by atoms with van der Waals surface area (Å²) in [6.45, 7) is 1.98. The molecule has 1 amide bonds. The minimum atomic E-state index is -3.78. The van der Waals surface area contributed by atoms with E-state index in [-0.39, 0.29) is 22.8 Å². The highest BCUT2D eigenvalue weighted by Crippen LogP contribution is 2.39. The largest absolute Gasteiger partial charge is 0.309 e. The Labute approximate surface area is 151 Å². The van der Waals surface area contributed by atoms with Crippen LogP contribution in [-0.4, -0.2) is 20.4 Å². The van der Waals surface area contributed by atoms with Crippen LogP contribution in [0.25, 0.3) is 0 Å². The molecule has 26 heavy (non-hydrogen) atoms. The summed E-state index contributed by atoms with van der Waals surface area (Å²) in [7, 11) is -3.78. The number of anilines is 2. The lowest BCUT2D eigenvalue weighted by molar-refractivity contribution is -0.120. The highest BCUT2D eigenvalue weighted by atomic mass is 32.2. The zero-order chi connectivity index (χ0) is 18.5. The molecule has 2 aromatic carbocycles. The van der Waals surface area contributed by atoms with Crippen LogP contribution in [0.2, 0.25) is 0 Å². The molecule has 1 fully saturated rings. The van der Waals surface area contributed by atoms with Crippen molar-refractivity contribution in [1.29, 1.82) is 0 Å². The molecule has 0 radical (unpaired) electrons. The number of nitrogens with zero attached hydrogens (tertiary/aromatic N) is 1. The second-order valence-electron chi connectivity index (χ2n) is 6.94. The molecule has 0 unspecified atom stereocenters. The smallest absolute Gasteiger partial charge is 0.261 e. The molecule has 7 heteroatoms. The zero-order valence-electron chi connectivity index (χ0n) is 14.3. The van der Waals surface area contributed by atoms with Crippen molar-refractivity contribution in [2.45, 2.75) is 37.1 Å². The van der Waals surface area contributed by atoms with E-state index in [0.29, 0.717) is 12.1 Å². The van der Waals surface area contributed by atoms with Crippen LogP contribution in [0.1, 0.15) is 25.3 Å². The molecule has 1 aliphatic carbocycles. The van der Waals surface area contributed by atoms with Crippen molar-refractivity contribution in [2.24, 2.45) is 5.92 Å². The maximum atomic E-state index is 13.0. The third kappa shape index (κ3) is 3.07. The van der Waals surface area contributed by atoms with E-state index in [2.05, 4.69) is 4.72 Å². The Morgan fingerprint density at radius 2 is 1.85 bits per heavy atom. The van der Waals surface area contributed by atoms with Crippen molar-refractivity contribution in [3.63, 3.8) is 0 Å². The number of carbonyl (C=O) groups is 1. The van der Waals surface area contributed by atoms with E-state index in [1.54, 1.807) is 17.0 Å². The molecule has 5 nitrogen and oxygen atoms in total. The summed E-state index contributed by atoms with van der Waals surface area (Å²) in [5, 5.41) is 0. The summed E-state index contributed by atoms with van der Waals surface area (Å²) < 4.78 is 40.7. The van der Waals surface area contributed by atoms with E-state index in [0.717, 1.165) is 24.1 Å². The van der Waals surface area contributed by atoms with Crippen LogP contribution in [0, 0.1) is 11.7 Å². The Kier molecular flexibility index (Phi) is 3.99. The number of hydrogen-bond donors (Lipinski definition) is 1. The number of fused-ring (bicyclic) bond motifs is 1. The third-order valence-electron chi connectivity index (χ3n) is 4.84. The van der Waals surface area contributed by atoms with Gasteiger partial charge in [-0.05, 0) is 74.2 Å². The van der Waals surface area contributed by atoms with Crippen molar-refractivity contribution in [3.05, 3.63) is 53.8 Å². The van der Waals surface area contributed by atoms with Crippen LogP contribution < -0.4 is 9.62 Å². The molecule has 1 saturated carbocycles. The van der Waals surface area contributed by atoms with Gasteiger partial charge in [0, 0.05) is 23.3 Å². The highest BCUT2D eigenvalue weighted by Gasteiger charge is 2.39. The van der Waals surface area contributed by atoms with Gasteiger partial charge in [0.1, 0.15) is 5.82 Å². The van der Waals surface area contributed by atoms with Gasteiger partial charge in [0.2, 0.25) is 5.91 Å². The molecule has 0 saturated heterocycles. The predicted molar refractivity (Wildman–Crippen MR) is 97.0 cm³/mol. The molecule has 0 aromatic heterocycles. The second-order valence-corrected chi connectivity index (χ2v) is 8.62. The molecule has 2 aliphatic rings. The van der Waals surface area contributed by atoms with Gasteiger partial charge in [-0.3, -0.25) is 9.52 Å². The average molecular weight is 374 g/mol. The minimum absolute atomic E-state index is 0.0288. The van der Waals surface area contributed by atoms with Crippen molar-refractivity contribution in [1.82, 2.24) is 0 Å². The lowest BCUT2D eigenvalue weighted by atomic mass is 10.1. The summed E-state index contributed by atoms with van der Waals surface area (Å²) in [4.78, 5) is 14.4. The summed E-state index contributed by atoms with van der Waals surface area (Å²) >= 11 is 0. The van der Waals surface area contributed by atoms with Gasteiger partial charge < -0.3 is 4.90 Å². The van der Waals surface area contributed by atoms with Crippen molar-refractivity contribution in [3.8, 4) is 0 Å². The molecule has 0 spiro atoms. The van der Waals surface area contributed by atoms with E-state index in [1.165, 1.54) is 30.3 Å². The van der Waals surface area contributed by atoms with Crippen LogP contribution >= 0.6 is 0 Å². The van der Waals surface area contributed by atoms with Gasteiger partial charge in [0.05, 0.1) is 4.90 Å². The van der Waals surface area contributed by atoms with Crippen LogP contribution in [-0.2, 0) is 21.2 Å². The Balaban J connectivity index is 1.62. The first-order chi connectivity index (χ1) is 12.3. The average Bonchev–Trinajstić information content (AvgIpc) is 3.38. The normalized spacial score (nSPS) is 19.3. The van der Waals surface area contributed by atoms with E-state index in [4.69, 9.17) is 0 Å². The van der Waals surface area contributed by atoms with Gasteiger partial charge in [-0.25, -0.2) is 12.8 Å². The molecule has 2 aromatic rings. The molecule has 136 valence electrons. The van der Waals surface area contributed by atoms with Crippen LogP contribution in [0.3, 0.4) is 0 Å². The fourth-order valence-electron chi connectivity index (χ4n) is 3.37. The van der Waals surface area contributed by atoms with Crippen molar-refractivity contribution in [2.75, 3.05) is 9.62 Å². The SMILES string of the molecule is C[C@H]1Cc2cc(S(=O)(=O)Nc3ccc(F)cc3)ccc2N1C(=O)C1CC1. The molecule has 1 N–H and O–H groups in total. The van der Waals surface area contributed by atoms with Gasteiger partial charge >= 0.3 is 0 Å². The Bertz CT molecular complexity index is 969. The monoisotopic (exact) mass is 374 g/mol. The second kappa shape index (κ2) is 6.09. The van der Waals surface area contributed by atoms with Crippen LogP contribution in [0.4, 0.5) is 15.8 Å². The number of sulfonamides is 1. The molecule has 4 rings (SSSR count). The molecule has 0 bridgehead atoms. The molecular formula is C19H19FN2O3S. The molecule has 1 atom stereocenters. The number of benzene rings is 2. The topological polar surface area (TPSA) is 66.5 Å². The highest BCUT2D eigenvalue weighted by molar-refractivity contribution is 7.92. The first-order valence-electron chi connectivity index (χ1n) is 8.59. The molecule has 1 heterocycles. The quantitative estimate of drug-likeness (QED) is 0.893. The molecular weight excluding hydrogens is 355 g/mol. The van der Waals surface area contributed by atoms with Crippen LogP contribution in [0.5, 0.6) is 0 Å². The minimum Gasteiger partial charge on any atom is -0.309 e. The van der Waals surface area contributed by atoms with Crippen molar-refractivity contribution >= 4 is 27.3 Å². The number of nitrogens with one attached hydrogen (secondary N) is 1. The van der Waals surface area contributed by atoms with E-state index in [9.17, 15) is 17.6 Å². The van der Waals surface area contributed by atoms with Gasteiger partial charge in [-0.15, -0.1) is 0 Å². The van der Waals surface area contributed by atoms with E-state index in [1.807, 2.05) is 6.92 Å². The van der Waals surface area contributed by atoms with Crippen molar-refractivity contribution < 1.29 is 17.6 Å². The van der Waals surface area contributed by atoms with Gasteiger partial charge in [0.15, 0.2) is 0 Å². The lowest BCUT2D eigenvalue weighted by Crippen LogP contribution is -2.36. The summed E-state index contributed by atoms with van der Waals surface area (Å²) in [5.74, 6) is -0.178. The standard InChI is InChI=1S/C19H19FN2O3S/c1-12-10-14-11-17(8-9-18(14)22(12)19(23)13-2-3-13)26(24,25)21-16-6-4-15(20)5-7-16/h4-9,11-13,21H,2-3,10H2,1H3/t12-/m0/s1.